The van der Waals surface area contributed by atoms with Crippen LogP contribution in [0.15, 0.2) is 18.2 Å². The lowest BCUT2D eigenvalue weighted by Gasteiger charge is -2.10. The molecule has 1 amide bonds. The fraction of sp³-hybridized carbons (Fsp3) is 0.500. The minimum Gasteiger partial charge on any atom is -0.351 e. The minimum atomic E-state index is -0.238. The van der Waals surface area contributed by atoms with Crippen LogP contribution in [0.25, 0.3) is 0 Å². The first-order chi connectivity index (χ1) is 9.02. The standard InChI is InChI=1S/C14H21FN2OS/c1-10-3-4-12(7-13(10)15)8-17-14(18)9-19-11(2)5-6-16/h3-4,7,11H,5-6,8-9,16H2,1-2H3,(H,17,18). The Balaban J connectivity index is 2.31. The van der Waals surface area contributed by atoms with Gasteiger partial charge in [-0.15, -0.1) is 11.8 Å². The molecule has 0 aliphatic heterocycles. The number of carbonyl (C=O) groups excluding carboxylic acids is 1. The van der Waals surface area contributed by atoms with Gasteiger partial charge in [-0.25, -0.2) is 4.39 Å². The van der Waals surface area contributed by atoms with Crippen LogP contribution in [0.3, 0.4) is 0 Å². The third-order valence-corrected chi connectivity index (χ3v) is 4.03. The molecule has 0 aliphatic carbocycles. The normalized spacial score (nSPS) is 12.2. The molecule has 0 fully saturated rings. The Bertz CT molecular complexity index is 426. The third-order valence-electron chi connectivity index (χ3n) is 2.80. The summed E-state index contributed by atoms with van der Waals surface area (Å²) in [6.07, 6.45) is 0.904. The SMILES string of the molecule is Cc1ccc(CNC(=O)CSC(C)CCN)cc1F. The zero-order chi connectivity index (χ0) is 14.3. The maximum absolute atomic E-state index is 13.3. The Hall–Kier alpha value is -1.07. The number of thioether (sulfide) groups is 1. The highest BCUT2D eigenvalue weighted by Crippen LogP contribution is 2.13. The van der Waals surface area contributed by atoms with Gasteiger partial charge in [0, 0.05) is 11.8 Å². The second kappa shape index (κ2) is 8.17. The maximum atomic E-state index is 13.3. The van der Waals surface area contributed by atoms with E-state index < -0.39 is 0 Å². The highest BCUT2D eigenvalue weighted by atomic mass is 32.2. The van der Waals surface area contributed by atoms with Gasteiger partial charge in [0.25, 0.3) is 0 Å². The van der Waals surface area contributed by atoms with Crippen LogP contribution in [-0.2, 0) is 11.3 Å². The smallest absolute Gasteiger partial charge is 0.230 e. The molecule has 19 heavy (non-hydrogen) atoms. The van der Waals surface area contributed by atoms with E-state index in [-0.39, 0.29) is 11.7 Å². The zero-order valence-electron chi connectivity index (χ0n) is 11.4. The van der Waals surface area contributed by atoms with Crippen molar-refractivity contribution in [3.63, 3.8) is 0 Å². The Morgan fingerprint density at radius 1 is 1.53 bits per heavy atom. The van der Waals surface area contributed by atoms with Gasteiger partial charge in [-0.05, 0) is 37.1 Å². The second-order valence-corrected chi connectivity index (χ2v) is 5.99. The third kappa shape index (κ3) is 6.07. The van der Waals surface area contributed by atoms with Gasteiger partial charge >= 0.3 is 0 Å². The van der Waals surface area contributed by atoms with Gasteiger partial charge in [-0.2, -0.15) is 0 Å². The lowest BCUT2D eigenvalue weighted by Crippen LogP contribution is -2.25. The average Bonchev–Trinajstić information content (AvgIpc) is 2.38. The van der Waals surface area contributed by atoms with Gasteiger partial charge in [0.2, 0.25) is 5.91 Å². The van der Waals surface area contributed by atoms with Crippen molar-refractivity contribution in [1.82, 2.24) is 5.32 Å². The summed E-state index contributed by atoms with van der Waals surface area (Å²) >= 11 is 1.58. The molecule has 1 unspecified atom stereocenters. The van der Waals surface area contributed by atoms with Crippen molar-refractivity contribution in [3.05, 3.63) is 35.1 Å². The summed E-state index contributed by atoms with van der Waals surface area (Å²) in [5.74, 6) is 0.141. The summed E-state index contributed by atoms with van der Waals surface area (Å²) < 4.78 is 13.3. The van der Waals surface area contributed by atoms with E-state index in [0.717, 1.165) is 12.0 Å². The van der Waals surface area contributed by atoms with Gasteiger partial charge < -0.3 is 11.1 Å². The van der Waals surface area contributed by atoms with Crippen molar-refractivity contribution < 1.29 is 9.18 Å². The Morgan fingerprint density at radius 3 is 2.89 bits per heavy atom. The summed E-state index contributed by atoms with van der Waals surface area (Å²) in [4.78, 5) is 11.6. The summed E-state index contributed by atoms with van der Waals surface area (Å²) in [6, 6.07) is 5.00. The molecule has 0 bridgehead atoms. The number of aryl methyl sites for hydroxylation is 1. The molecule has 0 aliphatic rings. The molecular formula is C14H21FN2OS. The molecule has 1 rings (SSSR count). The first-order valence-corrected chi connectivity index (χ1v) is 7.41. The number of hydrogen-bond acceptors (Lipinski definition) is 3. The van der Waals surface area contributed by atoms with E-state index in [1.54, 1.807) is 24.8 Å². The number of nitrogens with two attached hydrogens (primary N) is 1. The van der Waals surface area contributed by atoms with E-state index >= 15 is 0 Å². The monoisotopic (exact) mass is 284 g/mol. The van der Waals surface area contributed by atoms with Crippen LogP contribution in [0.1, 0.15) is 24.5 Å². The van der Waals surface area contributed by atoms with E-state index in [9.17, 15) is 9.18 Å². The summed E-state index contributed by atoms with van der Waals surface area (Å²) in [6.45, 7) is 4.77. The first kappa shape index (κ1) is 16.0. The fourth-order valence-corrected chi connectivity index (χ4v) is 2.37. The molecule has 106 valence electrons. The number of hydrogen-bond donors (Lipinski definition) is 2. The van der Waals surface area contributed by atoms with E-state index in [1.165, 1.54) is 6.07 Å². The number of amides is 1. The molecule has 1 atom stereocenters. The average molecular weight is 284 g/mol. The predicted octanol–water partition coefficient (Wildman–Crippen LogP) is 2.22. The van der Waals surface area contributed by atoms with Crippen LogP contribution >= 0.6 is 11.8 Å². The van der Waals surface area contributed by atoms with Crippen molar-refractivity contribution in [2.75, 3.05) is 12.3 Å². The van der Waals surface area contributed by atoms with Crippen LogP contribution in [0, 0.1) is 12.7 Å². The Labute approximate surface area is 118 Å². The van der Waals surface area contributed by atoms with E-state index in [2.05, 4.69) is 12.2 Å². The van der Waals surface area contributed by atoms with Crippen LogP contribution in [0.4, 0.5) is 4.39 Å². The number of halogens is 1. The minimum absolute atomic E-state index is 0.0325. The lowest BCUT2D eigenvalue weighted by atomic mass is 10.1. The summed E-state index contributed by atoms with van der Waals surface area (Å²) in [7, 11) is 0. The maximum Gasteiger partial charge on any atom is 0.230 e. The van der Waals surface area contributed by atoms with E-state index in [4.69, 9.17) is 5.73 Å². The first-order valence-electron chi connectivity index (χ1n) is 6.36. The number of nitrogens with one attached hydrogen (secondary N) is 1. The molecular weight excluding hydrogens is 263 g/mol. The molecule has 0 heterocycles. The molecule has 0 saturated carbocycles. The molecule has 3 N–H and O–H groups in total. The van der Waals surface area contributed by atoms with Crippen molar-refractivity contribution in [3.8, 4) is 0 Å². The van der Waals surface area contributed by atoms with Crippen molar-refractivity contribution in [2.24, 2.45) is 5.73 Å². The van der Waals surface area contributed by atoms with Gasteiger partial charge in [-0.1, -0.05) is 19.1 Å². The molecule has 1 aromatic carbocycles. The number of benzene rings is 1. The topological polar surface area (TPSA) is 55.1 Å². The molecule has 0 saturated heterocycles. The van der Waals surface area contributed by atoms with E-state index in [1.807, 2.05) is 6.07 Å². The van der Waals surface area contributed by atoms with Crippen LogP contribution < -0.4 is 11.1 Å². The predicted molar refractivity (Wildman–Crippen MR) is 78.6 cm³/mol. The lowest BCUT2D eigenvalue weighted by molar-refractivity contribution is -0.118. The van der Waals surface area contributed by atoms with Gasteiger partial charge in [0.15, 0.2) is 0 Å². The van der Waals surface area contributed by atoms with Gasteiger partial charge in [0.05, 0.1) is 5.75 Å². The highest BCUT2D eigenvalue weighted by Gasteiger charge is 2.07. The zero-order valence-corrected chi connectivity index (χ0v) is 12.2. The van der Waals surface area contributed by atoms with Gasteiger partial charge in [-0.3, -0.25) is 4.79 Å². The van der Waals surface area contributed by atoms with Crippen molar-refractivity contribution in [1.29, 1.82) is 0 Å². The fourth-order valence-electron chi connectivity index (χ4n) is 1.53. The van der Waals surface area contributed by atoms with Crippen LogP contribution in [-0.4, -0.2) is 23.5 Å². The van der Waals surface area contributed by atoms with Crippen molar-refractivity contribution >= 4 is 17.7 Å². The summed E-state index contributed by atoms with van der Waals surface area (Å²) in [5, 5.41) is 3.17. The molecule has 5 heteroatoms. The van der Waals surface area contributed by atoms with Crippen LogP contribution in [0.2, 0.25) is 0 Å². The Morgan fingerprint density at radius 2 is 2.26 bits per heavy atom. The van der Waals surface area contributed by atoms with E-state index in [0.29, 0.717) is 29.7 Å². The number of rotatable bonds is 7. The van der Waals surface area contributed by atoms with Crippen LogP contribution in [0.5, 0.6) is 0 Å². The van der Waals surface area contributed by atoms with Crippen molar-refractivity contribution in [2.45, 2.75) is 32.1 Å². The molecule has 0 radical (unpaired) electrons. The van der Waals surface area contributed by atoms with Gasteiger partial charge in [0.1, 0.15) is 5.82 Å². The highest BCUT2D eigenvalue weighted by molar-refractivity contribution is 8.00. The molecule has 0 aromatic heterocycles. The molecule has 1 aromatic rings. The Kier molecular flexibility index (Phi) is 6.87. The largest absolute Gasteiger partial charge is 0.351 e. The quantitative estimate of drug-likeness (QED) is 0.807. The summed E-state index contributed by atoms with van der Waals surface area (Å²) in [5.41, 5.74) is 6.83. The number of carbonyl (C=O) groups is 1. The molecule has 3 nitrogen and oxygen atoms in total. The second-order valence-electron chi connectivity index (χ2n) is 4.56. The molecule has 0 spiro atoms.